The van der Waals surface area contributed by atoms with Crippen molar-refractivity contribution in [3.8, 4) is 5.88 Å². The summed E-state index contributed by atoms with van der Waals surface area (Å²) in [5, 5.41) is 9.45. The number of carboxylic acid groups (broad SMARTS) is 1. The molecule has 0 saturated carbocycles. The first-order valence-corrected chi connectivity index (χ1v) is 10.1. The third-order valence-corrected chi connectivity index (χ3v) is 5.75. The van der Waals surface area contributed by atoms with Crippen molar-refractivity contribution in [2.75, 3.05) is 19.7 Å². The number of likely N-dealkylation sites (tertiary alicyclic amines) is 1. The lowest BCUT2D eigenvalue weighted by atomic mass is 10.1. The van der Waals surface area contributed by atoms with Crippen LogP contribution in [0.5, 0.6) is 5.88 Å². The van der Waals surface area contributed by atoms with Crippen molar-refractivity contribution >= 4 is 23.5 Å². The van der Waals surface area contributed by atoms with E-state index in [0.29, 0.717) is 6.54 Å². The van der Waals surface area contributed by atoms with Crippen LogP contribution in [0.3, 0.4) is 0 Å². The Kier molecular flexibility index (Phi) is 5.87. The van der Waals surface area contributed by atoms with Gasteiger partial charge in [0.1, 0.15) is 11.4 Å². The van der Waals surface area contributed by atoms with Crippen molar-refractivity contribution < 1.29 is 23.8 Å². The summed E-state index contributed by atoms with van der Waals surface area (Å²) in [4.78, 5) is 32.2. The average molecular weight is 434 g/mol. The van der Waals surface area contributed by atoms with E-state index in [4.69, 9.17) is 16.3 Å². The fourth-order valence-corrected chi connectivity index (χ4v) is 4.43. The molecule has 2 saturated heterocycles. The molecule has 2 atom stereocenters. The predicted octanol–water partition coefficient (Wildman–Crippen LogP) is 2.83. The largest absolute Gasteiger partial charge is 0.477 e. The van der Waals surface area contributed by atoms with Crippen molar-refractivity contribution in [3.63, 3.8) is 0 Å². The lowest BCUT2D eigenvalue weighted by molar-refractivity contribution is -0.139. The molecule has 2 fully saturated rings. The van der Waals surface area contributed by atoms with Gasteiger partial charge in [-0.25, -0.2) is 14.2 Å². The molecule has 0 spiro atoms. The number of nitrogens with zero attached hydrogens (tertiary/aromatic N) is 3. The third kappa shape index (κ3) is 4.39. The number of ether oxygens (including phenoxy) is 1. The Bertz CT molecular complexity index is 942. The lowest BCUT2D eigenvalue weighted by Gasteiger charge is -2.41. The highest BCUT2D eigenvalue weighted by Gasteiger charge is 2.42. The van der Waals surface area contributed by atoms with E-state index in [9.17, 15) is 19.1 Å². The fourth-order valence-electron chi connectivity index (χ4n) is 4.27. The number of benzene rings is 1. The van der Waals surface area contributed by atoms with Crippen LogP contribution in [0.15, 0.2) is 36.5 Å². The molecule has 0 aliphatic carbocycles. The molecule has 1 amide bonds. The van der Waals surface area contributed by atoms with E-state index in [-0.39, 0.29) is 46.9 Å². The van der Waals surface area contributed by atoms with Crippen molar-refractivity contribution in [1.82, 2.24) is 14.8 Å². The van der Waals surface area contributed by atoms with Crippen LogP contribution in [0.1, 0.15) is 28.8 Å². The normalized spacial score (nSPS) is 20.9. The average Bonchev–Trinajstić information content (AvgIpc) is 2.99. The van der Waals surface area contributed by atoms with Crippen LogP contribution in [0.2, 0.25) is 5.02 Å². The highest BCUT2D eigenvalue weighted by atomic mass is 35.5. The minimum atomic E-state index is -1.22. The van der Waals surface area contributed by atoms with E-state index in [2.05, 4.69) is 9.88 Å². The number of aromatic carboxylic acids is 1. The third-order valence-electron chi connectivity index (χ3n) is 5.55. The van der Waals surface area contributed by atoms with Gasteiger partial charge < -0.3 is 14.7 Å². The van der Waals surface area contributed by atoms with E-state index in [1.807, 2.05) is 4.90 Å². The molecular weight excluding hydrogens is 413 g/mol. The van der Waals surface area contributed by atoms with Crippen LogP contribution in [0, 0.1) is 5.82 Å². The molecule has 2 aromatic rings. The van der Waals surface area contributed by atoms with Gasteiger partial charge in [-0.15, -0.1) is 0 Å². The summed E-state index contributed by atoms with van der Waals surface area (Å²) < 4.78 is 18.5. The lowest BCUT2D eigenvalue weighted by Crippen LogP contribution is -2.56. The summed E-state index contributed by atoms with van der Waals surface area (Å²) in [5.41, 5.74) is 0.858. The Morgan fingerprint density at radius 3 is 2.50 bits per heavy atom. The monoisotopic (exact) mass is 433 g/mol. The molecule has 2 unspecified atom stereocenters. The number of fused-ring (bicyclic) bond motifs is 2. The highest BCUT2D eigenvalue weighted by Crippen LogP contribution is 2.31. The van der Waals surface area contributed by atoms with E-state index in [1.165, 1.54) is 24.4 Å². The van der Waals surface area contributed by atoms with Crippen LogP contribution in [-0.2, 0) is 11.3 Å². The molecule has 4 rings (SSSR count). The molecule has 2 aliphatic rings. The smallest absolute Gasteiger partial charge is 0.341 e. The maximum atomic E-state index is 13.1. The number of halogens is 2. The standard InChI is InChI=1S/C21H21ClFN3O4/c22-14-7-18(21(28)29)20(24-8-14)30-12-19(27)26-16-5-6-17(26)11-25(10-16)9-13-1-3-15(23)4-2-13/h1-4,7-8,16-17H,5-6,9-12H2,(H,28,29). The van der Waals surface area contributed by atoms with Crippen LogP contribution < -0.4 is 4.74 Å². The zero-order valence-electron chi connectivity index (χ0n) is 16.1. The first kappa shape index (κ1) is 20.6. The molecule has 158 valence electrons. The van der Waals surface area contributed by atoms with Gasteiger partial charge in [0.15, 0.2) is 6.61 Å². The van der Waals surface area contributed by atoms with Gasteiger partial charge >= 0.3 is 5.97 Å². The molecule has 1 aromatic heterocycles. The summed E-state index contributed by atoms with van der Waals surface area (Å²) in [5.74, 6) is -1.78. The van der Waals surface area contributed by atoms with Gasteiger partial charge in [-0.3, -0.25) is 9.69 Å². The minimum absolute atomic E-state index is 0.0809. The maximum Gasteiger partial charge on any atom is 0.341 e. The van der Waals surface area contributed by atoms with Crippen molar-refractivity contribution in [2.24, 2.45) is 0 Å². The number of hydrogen-bond acceptors (Lipinski definition) is 5. The van der Waals surface area contributed by atoms with Gasteiger partial charge in [-0.2, -0.15) is 0 Å². The predicted molar refractivity (Wildman–Crippen MR) is 107 cm³/mol. The number of pyridine rings is 1. The van der Waals surface area contributed by atoms with Crippen LogP contribution >= 0.6 is 11.6 Å². The quantitative estimate of drug-likeness (QED) is 0.754. The number of aromatic nitrogens is 1. The second kappa shape index (κ2) is 8.57. The number of amides is 1. The van der Waals surface area contributed by atoms with Gasteiger partial charge in [0, 0.05) is 37.9 Å². The first-order chi connectivity index (χ1) is 14.4. The molecule has 2 bridgehead atoms. The van der Waals surface area contributed by atoms with E-state index in [0.717, 1.165) is 31.5 Å². The highest BCUT2D eigenvalue weighted by molar-refractivity contribution is 6.30. The summed E-state index contributed by atoms with van der Waals surface area (Å²) in [6.07, 6.45) is 3.11. The number of rotatable bonds is 6. The Morgan fingerprint density at radius 2 is 1.87 bits per heavy atom. The van der Waals surface area contributed by atoms with Crippen LogP contribution in [0.4, 0.5) is 4.39 Å². The zero-order chi connectivity index (χ0) is 21.3. The van der Waals surface area contributed by atoms with E-state index < -0.39 is 5.97 Å². The van der Waals surface area contributed by atoms with Gasteiger partial charge in [-0.1, -0.05) is 23.7 Å². The molecule has 1 aromatic carbocycles. The summed E-state index contributed by atoms with van der Waals surface area (Å²) in [6, 6.07) is 7.88. The molecule has 30 heavy (non-hydrogen) atoms. The first-order valence-electron chi connectivity index (χ1n) is 9.70. The summed E-state index contributed by atoms with van der Waals surface area (Å²) >= 11 is 5.79. The Hall–Kier alpha value is -2.71. The van der Waals surface area contributed by atoms with E-state index >= 15 is 0 Å². The maximum absolute atomic E-state index is 13.1. The summed E-state index contributed by atoms with van der Waals surface area (Å²) in [7, 11) is 0. The topological polar surface area (TPSA) is 83.0 Å². The minimum Gasteiger partial charge on any atom is -0.477 e. The second-order valence-corrected chi connectivity index (χ2v) is 8.04. The Morgan fingerprint density at radius 1 is 1.20 bits per heavy atom. The number of carbonyl (C=O) groups is 2. The summed E-state index contributed by atoms with van der Waals surface area (Å²) in [6.45, 7) is 1.90. The molecule has 9 heteroatoms. The SMILES string of the molecule is O=C(O)c1cc(Cl)cnc1OCC(=O)N1C2CCC1CN(Cc1ccc(F)cc1)C2. The number of carbonyl (C=O) groups excluding carboxylic acids is 1. The Balaban J connectivity index is 1.37. The van der Waals surface area contributed by atoms with Gasteiger partial charge in [-0.05, 0) is 36.6 Å². The Labute approximate surface area is 178 Å². The molecular formula is C21H21ClFN3O4. The number of hydrogen-bond donors (Lipinski definition) is 1. The molecule has 3 heterocycles. The molecule has 0 radical (unpaired) electrons. The number of carboxylic acids is 1. The molecule has 7 nitrogen and oxygen atoms in total. The van der Waals surface area contributed by atoms with Gasteiger partial charge in [0.25, 0.3) is 5.91 Å². The van der Waals surface area contributed by atoms with Crippen LogP contribution in [0.25, 0.3) is 0 Å². The van der Waals surface area contributed by atoms with Gasteiger partial charge in [0.05, 0.1) is 5.02 Å². The van der Waals surface area contributed by atoms with Crippen LogP contribution in [-0.4, -0.2) is 63.5 Å². The molecule has 1 N–H and O–H groups in total. The fraction of sp³-hybridized carbons (Fsp3) is 0.381. The van der Waals surface area contributed by atoms with Crippen molar-refractivity contribution in [3.05, 3.63) is 58.5 Å². The van der Waals surface area contributed by atoms with Gasteiger partial charge in [0.2, 0.25) is 5.88 Å². The second-order valence-electron chi connectivity index (χ2n) is 7.61. The number of piperazine rings is 1. The van der Waals surface area contributed by atoms with Crippen molar-refractivity contribution in [1.29, 1.82) is 0 Å². The van der Waals surface area contributed by atoms with E-state index in [1.54, 1.807) is 12.1 Å². The molecule has 2 aliphatic heterocycles. The van der Waals surface area contributed by atoms with Crippen molar-refractivity contribution in [2.45, 2.75) is 31.5 Å². The zero-order valence-corrected chi connectivity index (χ0v) is 16.9.